The molecule has 1 aliphatic heterocycles. The average Bonchev–Trinajstić information content (AvgIpc) is 2.74. The number of hydrogen-bond donors (Lipinski definition) is 1. The normalized spacial score (nSPS) is 15.1. The number of hydrogen-bond acceptors (Lipinski definition) is 5. The molecule has 150 valence electrons. The Labute approximate surface area is 169 Å². The van der Waals surface area contributed by atoms with Crippen LogP contribution < -0.4 is 20.6 Å². The summed E-state index contributed by atoms with van der Waals surface area (Å²) >= 11 is 0. The second-order valence-electron chi connectivity index (χ2n) is 7.30. The van der Waals surface area contributed by atoms with E-state index in [9.17, 15) is 9.59 Å². The maximum absolute atomic E-state index is 12.5. The Morgan fingerprint density at radius 1 is 1.03 bits per heavy atom. The lowest BCUT2D eigenvalue weighted by Gasteiger charge is -2.28. The number of fused-ring (bicyclic) bond motifs is 1. The summed E-state index contributed by atoms with van der Waals surface area (Å²) in [6.45, 7) is 3.85. The number of rotatable bonds is 5. The number of anilines is 2. The zero-order valence-corrected chi connectivity index (χ0v) is 16.4. The standard InChI is InChI=1S/C23H24N2O4/c1-16(28-20-11-5-17-6-12-22(26)29-21(17)15-20)23(27)24-18-7-9-19(10-8-18)25-13-3-2-4-14-25/h5-12,15-16H,2-4,13-14H2,1H3,(H,24,27)/t16-/m1/s1. The van der Waals surface area contributed by atoms with E-state index in [0.717, 1.165) is 24.2 Å². The van der Waals surface area contributed by atoms with Gasteiger partial charge in [-0.1, -0.05) is 0 Å². The molecule has 0 aliphatic carbocycles. The van der Waals surface area contributed by atoms with Gasteiger partial charge in [0.05, 0.1) is 0 Å². The largest absolute Gasteiger partial charge is 0.481 e. The first-order valence-electron chi connectivity index (χ1n) is 9.95. The van der Waals surface area contributed by atoms with E-state index >= 15 is 0 Å². The fraction of sp³-hybridized carbons (Fsp3) is 0.304. The second kappa shape index (κ2) is 8.39. The van der Waals surface area contributed by atoms with Gasteiger partial charge in [-0.05, 0) is 68.7 Å². The Hall–Kier alpha value is -3.28. The van der Waals surface area contributed by atoms with Crippen molar-refractivity contribution in [2.45, 2.75) is 32.3 Å². The van der Waals surface area contributed by atoms with Gasteiger partial charge in [-0.25, -0.2) is 4.79 Å². The van der Waals surface area contributed by atoms with E-state index in [1.165, 1.54) is 31.0 Å². The minimum atomic E-state index is -0.704. The first kappa shape index (κ1) is 19.1. The van der Waals surface area contributed by atoms with Gasteiger partial charge < -0.3 is 19.4 Å². The topological polar surface area (TPSA) is 71.8 Å². The van der Waals surface area contributed by atoms with Gasteiger partial charge in [-0.15, -0.1) is 0 Å². The maximum Gasteiger partial charge on any atom is 0.336 e. The summed E-state index contributed by atoms with van der Waals surface area (Å²) in [5, 5.41) is 3.68. The van der Waals surface area contributed by atoms with Crippen molar-refractivity contribution < 1.29 is 13.9 Å². The van der Waals surface area contributed by atoms with Crippen LogP contribution >= 0.6 is 0 Å². The van der Waals surface area contributed by atoms with E-state index < -0.39 is 11.7 Å². The zero-order chi connectivity index (χ0) is 20.2. The highest BCUT2D eigenvalue weighted by Crippen LogP contribution is 2.23. The van der Waals surface area contributed by atoms with Crippen LogP contribution in [0.25, 0.3) is 11.0 Å². The summed E-state index contributed by atoms with van der Waals surface area (Å²) in [5.74, 6) is 0.222. The molecule has 6 heteroatoms. The quantitative estimate of drug-likeness (QED) is 0.659. The molecule has 2 aromatic carbocycles. The number of piperidine rings is 1. The van der Waals surface area contributed by atoms with E-state index in [4.69, 9.17) is 9.15 Å². The number of amides is 1. The van der Waals surface area contributed by atoms with Gasteiger partial charge in [0.2, 0.25) is 0 Å². The van der Waals surface area contributed by atoms with Gasteiger partial charge >= 0.3 is 5.63 Å². The number of nitrogens with one attached hydrogen (secondary N) is 1. The van der Waals surface area contributed by atoms with Crippen LogP contribution in [0.15, 0.2) is 63.8 Å². The minimum absolute atomic E-state index is 0.245. The fourth-order valence-corrected chi connectivity index (χ4v) is 3.52. The summed E-state index contributed by atoms with van der Waals surface area (Å²) in [7, 11) is 0. The molecule has 0 spiro atoms. The molecular formula is C23H24N2O4. The molecule has 29 heavy (non-hydrogen) atoms. The van der Waals surface area contributed by atoms with Crippen molar-refractivity contribution in [2.75, 3.05) is 23.3 Å². The third-order valence-corrected chi connectivity index (χ3v) is 5.13. The Balaban J connectivity index is 1.38. The van der Waals surface area contributed by atoms with Crippen molar-refractivity contribution in [3.8, 4) is 5.75 Å². The molecule has 1 fully saturated rings. The number of benzene rings is 2. The smallest absolute Gasteiger partial charge is 0.336 e. The summed E-state index contributed by atoms with van der Waals surface area (Å²) in [5.41, 5.74) is 1.92. The summed E-state index contributed by atoms with van der Waals surface area (Å²) in [6, 6.07) is 16.1. The van der Waals surface area contributed by atoms with Gasteiger partial charge in [0.15, 0.2) is 6.10 Å². The summed E-state index contributed by atoms with van der Waals surface area (Å²) < 4.78 is 10.9. The first-order valence-corrected chi connectivity index (χ1v) is 9.95. The van der Waals surface area contributed by atoms with Crippen LogP contribution in [0.1, 0.15) is 26.2 Å². The van der Waals surface area contributed by atoms with Crippen molar-refractivity contribution in [1.82, 2.24) is 0 Å². The highest BCUT2D eigenvalue weighted by molar-refractivity contribution is 5.94. The predicted octanol–water partition coefficient (Wildman–Crippen LogP) is 4.19. The van der Waals surface area contributed by atoms with Crippen LogP contribution in [0.2, 0.25) is 0 Å². The summed E-state index contributed by atoms with van der Waals surface area (Å²) in [6.07, 6.45) is 3.05. The number of nitrogens with zero attached hydrogens (tertiary/aromatic N) is 1. The SMILES string of the molecule is C[C@@H](Oc1ccc2ccc(=O)oc2c1)C(=O)Nc1ccc(N2CCCCC2)cc1. The monoisotopic (exact) mass is 392 g/mol. The van der Waals surface area contributed by atoms with Gasteiger partial charge in [0.25, 0.3) is 5.91 Å². The highest BCUT2D eigenvalue weighted by Gasteiger charge is 2.16. The summed E-state index contributed by atoms with van der Waals surface area (Å²) in [4.78, 5) is 26.3. The van der Waals surface area contributed by atoms with Gasteiger partial charge in [0.1, 0.15) is 11.3 Å². The van der Waals surface area contributed by atoms with Crippen LogP contribution in [0, 0.1) is 0 Å². The molecule has 2 heterocycles. The molecule has 4 rings (SSSR count). The van der Waals surface area contributed by atoms with Crippen LogP contribution in [-0.2, 0) is 4.79 Å². The molecule has 1 aromatic heterocycles. The van der Waals surface area contributed by atoms with Crippen LogP contribution in [0.4, 0.5) is 11.4 Å². The minimum Gasteiger partial charge on any atom is -0.481 e. The van der Waals surface area contributed by atoms with Gasteiger partial charge in [-0.3, -0.25) is 4.79 Å². The fourth-order valence-electron chi connectivity index (χ4n) is 3.52. The van der Waals surface area contributed by atoms with Crippen molar-refractivity contribution in [3.05, 3.63) is 65.0 Å². The molecule has 0 saturated carbocycles. The number of carbonyl (C=O) groups is 1. The van der Waals surface area contributed by atoms with Crippen molar-refractivity contribution in [3.63, 3.8) is 0 Å². The van der Waals surface area contributed by atoms with E-state index in [1.807, 2.05) is 24.3 Å². The molecule has 0 radical (unpaired) electrons. The molecule has 0 unspecified atom stereocenters. The Bertz CT molecular complexity index is 1050. The second-order valence-corrected chi connectivity index (χ2v) is 7.30. The zero-order valence-electron chi connectivity index (χ0n) is 16.4. The molecule has 1 aliphatic rings. The van der Waals surface area contributed by atoms with E-state index in [-0.39, 0.29) is 5.91 Å². The van der Waals surface area contributed by atoms with Crippen molar-refractivity contribution >= 4 is 28.3 Å². The molecule has 1 N–H and O–H groups in total. The maximum atomic E-state index is 12.5. The van der Waals surface area contributed by atoms with E-state index in [0.29, 0.717) is 11.3 Å². The molecule has 6 nitrogen and oxygen atoms in total. The van der Waals surface area contributed by atoms with Crippen molar-refractivity contribution in [2.24, 2.45) is 0 Å². The Kier molecular flexibility index (Phi) is 5.51. The molecule has 0 bridgehead atoms. The first-order chi connectivity index (χ1) is 14.1. The number of carbonyl (C=O) groups excluding carboxylic acids is 1. The predicted molar refractivity (Wildman–Crippen MR) is 114 cm³/mol. The molecule has 1 atom stereocenters. The Morgan fingerprint density at radius 2 is 1.76 bits per heavy atom. The lowest BCUT2D eigenvalue weighted by atomic mass is 10.1. The third-order valence-electron chi connectivity index (χ3n) is 5.13. The van der Waals surface area contributed by atoms with Gasteiger partial charge in [0, 0.05) is 42.0 Å². The van der Waals surface area contributed by atoms with Crippen LogP contribution in [-0.4, -0.2) is 25.1 Å². The lowest BCUT2D eigenvalue weighted by molar-refractivity contribution is -0.122. The van der Waals surface area contributed by atoms with E-state index in [2.05, 4.69) is 10.2 Å². The highest BCUT2D eigenvalue weighted by atomic mass is 16.5. The lowest BCUT2D eigenvalue weighted by Crippen LogP contribution is -2.30. The number of ether oxygens (including phenoxy) is 1. The molecule has 1 saturated heterocycles. The van der Waals surface area contributed by atoms with Crippen LogP contribution in [0.3, 0.4) is 0 Å². The average molecular weight is 392 g/mol. The molecule has 3 aromatic rings. The third kappa shape index (κ3) is 4.59. The van der Waals surface area contributed by atoms with Crippen molar-refractivity contribution in [1.29, 1.82) is 0 Å². The van der Waals surface area contributed by atoms with Gasteiger partial charge in [-0.2, -0.15) is 0 Å². The molecular weight excluding hydrogens is 368 g/mol. The molecule has 1 amide bonds. The van der Waals surface area contributed by atoms with E-state index in [1.54, 1.807) is 31.2 Å². The van der Waals surface area contributed by atoms with Crippen LogP contribution in [0.5, 0.6) is 5.75 Å². The Morgan fingerprint density at radius 3 is 2.52 bits per heavy atom.